The number of aromatic nitrogens is 3. The van der Waals surface area contributed by atoms with Crippen molar-refractivity contribution in [2.45, 2.75) is 45.2 Å². The number of nitrogens with one attached hydrogen (secondary N) is 1. The van der Waals surface area contributed by atoms with E-state index in [1.165, 1.54) is 0 Å². The Hall–Kier alpha value is -1.95. The first kappa shape index (κ1) is 13.1. The summed E-state index contributed by atoms with van der Waals surface area (Å²) in [6.45, 7) is 3.83. The fourth-order valence-corrected chi connectivity index (χ4v) is 2.76. The molecule has 1 amide bonds. The first-order valence-electron chi connectivity index (χ1n) is 6.93. The summed E-state index contributed by atoms with van der Waals surface area (Å²) in [4.78, 5) is 16.6. The van der Waals surface area contributed by atoms with Crippen LogP contribution in [0.5, 0.6) is 0 Å². The lowest BCUT2D eigenvalue weighted by molar-refractivity contribution is 0.0932. The molecule has 2 aromatic rings. The van der Waals surface area contributed by atoms with Gasteiger partial charge in [0.2, 0.25) is 0 Å². The van der Waals surface area contributed by atoms with Crippen LogP contribution in [0.2, 0.25) is 0 Å². The summed E-state index contributed by atoms with van der Waals surface area (Å²) in [6, 6.07) is 4.01. The maximum atomic E-state index is 12.3. The lowest BCUT2D eigenvalue weighted by Gasteiger charge is -2.12. The first-order chi connectivity index (χ1) is 9.52. The van der Waals surface area contributed by atoms with Crippen LogP contribution >= 0.6 is 0 Å². The van der Waals surface area contributed by atoms with Crippen LogP contribution in [-0.2, 0) is 0 Å². The predicted octanol–water partition coefficient (Wildman–Crippen LogP) is 0.956. The van der Waals surface area contributed by atoms with Crippen molar-refractivity contribution in [1.82, 2.24) is 19.9 Å². The quantitative estimate of drug-likeness (QED) is 0.853. The molecule has 1 fully saturated rings. The highest BCUT2D eigenvalue weighted by Gasteiger charge is 2.24. The minimum Gasteiger partial charge on any atom is -0.348 e. The molecule has 0 saturated heterocycles. The van der Waals surface area contributed by atoms with Crippen LogP contribution in [0.15, 0.2) is 12.1 Å². The van der Waals surface area contributed by atoms with Gasteiger partial charge < -0.3 is 11.1 Å². The SMILES string of the molecule is Cc1cc2nc(C(=O)N[C@@H]3CC[C@@H](N)C3)cc(C)n2n1. The molecule has 3 rings (SSSR count). The zero-order valence-electron chi connectivity index (χ0n) is 11.8. The number of amides is 1. The first-order valence-corrected chi connectivity index (χ1v) is 6.93. The van der Waals surface area contributed by atoms with Gasteiger partial charge in [0.15, 0.2) is 5.65 Å². The minimum absolute atomic E-state index is 0.131. The van der Waals surface area contributed by atoms with Gasteiger partial charge in [-0.3, -0.25) is 4.79 Å². The van der Waals surface area contributed by atoms with E-state index < -0.39 is 0 Å². The summed E-state index contributed by atoms with van der Waals surface area (Å²) in [5.41, 5.74) is 8.80. The van der Waals surface area contributed by atoms with Crippen molar-refractivity contribution in [2.24, 2.45) is 5.73 Å². The molecule has 6 heteroatoms. The fourth-order valence-electron chi connectivity index (χ4n) is 2.76. The van der Waals surface area contributed by atoms with Crippen molar-refractivity contribution >= 4 is 11.6 Å². The molecule has 2 atom stereocenters. The van der Waals surface area contributed by atoms with Crippen LogP contribution in [0.25, 0.3) is 5.65 Å². The van der Waals surface area contributed by atoms with Crippen LogP contribution in [0.4, 0.5) is 0 Å². The molecule has 2 aromatic heterocycles. The van der Waals surface area contributed by atoms with Gasteiger partial charge in [-0.15, -0.1) is 0 Å². The standard InChI is InChI=1S/C14H19N5O/c1-8-5-13-17-12(6-9(2)19(13)18-8)14(20)16-11-4-3-10(15)7-11/h5-6,10-11H,3-4,7,15H2,1-2H3,(H,16,20)/t10-,11-/m1/s1. The highest BCUT2D eigenvalue weighted by molar-refractivity contribution is 5.93. The third kappa shape index (κ3) is 2.38. The predicted molar refractivity (Wildman–Crippen MR) is 75.5 cm³/mol. The molecule has 1 aliphatic rings. The van der Waals surface area contributed by atoms with E-state index >= 15 is 0 Å². The molecular weight excluding hydrogens is 254 g/mol. The van der Waals surface area contributed by atoms with Crippen molar-refractivity contribution < 1.29 is 4.79 Å². The van der Waals surface area contributed by atoms with E-state index in [0.29, 0.717) is 11.3 Å². The molecule has 0 unspecified atom stereocenters. The van der Waals surface area contributed by atoms with E-state index in [2.05, 4.69) is 15.4 Å². The molecule has 0 aliphatic heterocycles. The minimum atomic E-state index is -0.131. The van der Waals surface area contributed by atoms with Crippen molar-refractivity contribution in [1.29, 1.82) is 0 Å². The topological polar surface area (TPSA) is 85.3 Å². The molecule has 0 radical (unpaired) electrons. The molecular formula is C14H19N5O. The molecule has 0 bridgehead atoms. The Kier molecular flexibility index (Phi) is 3.17. The second-order valence-electron chi connectivity index (χ2n) is 5.58. The zero-order chi connectivity index (χ0) is 14.3. The van der Waals surface area contributed by atoms with Crippen molar-refractivity contribution in [3.63, 3.8) is 0 Å². The van der Waals surface area contributed by atoms with Crippen LogP contribution in [-0.4, -0.2) is 32.6 Å². The molecule has 106 valence electrons. The van der Waals surface area contributed by atoms with Crippen LogP contribution < -0.4 is 11.1 Å². The van der Waals surface area contributed by atoms with E-state index in [0.717, 1.165) is 30.7 Å². The molecule has 6 nitrogen and oxygen atoms in total. The van der Waals surface area contributed by atoms with E-state index in [9.17, 15) is 4.79 Å². The molecule has 1 aliphatic carbocycles. The van der Waals surface area contributed by atoms with Gasteiger partial charge in [0.25, 0.3) is 5.91 Å². The Morgan fingerprint density at radius 1 is 1.40 bits per heavy atom. The molecule has 0 aromatic carbocycles. The molecule has 2 heterocycles. The lowest BCUT2D eigenvalue weighted by Crippen LogP contribution is -2.34. The van der Waals surface area contributed by atoms with E-state index in [1.54, 1.807) is 10.6 Å². The number of nitrogens with zero attached hydrogens (tertiary/aromatic N) is 3. The summed E-state index contributed by atoms with van der Waals surface area (Å²) in [6.07, 6.45) is 2.76. The highest BCUT2D eigenvalue weighted by atomic mass is 16.1. The Labute approximate surface area is 117 Å². The Morgan fingerprint density at radius 3 is 2.90 bits per heavy atom. The number of fused-ring (bicyclic) bond motifs is 1. The van der Waals surface area contributed by atoms with Crippen LogP contribution in [0.3, 0.4) is 0 Å². The maximum Gasteiger partial charge on any atom is 0.270 e. The fraction of sp³-hybridized carbons (Fsp3) is 0.500. The Balaban J connectivity index is 1.84. The Morgan fingerprint density at radius 2 is 2.20 bits per heavy atom. The van der Waals surface area contributed by atoms with Crippen molar-refractivity contribution in [3.8, 4) is 0 Å². The molecule has 20 heavy (non-hydrogen) atoms. The number of rotatable bonds is 2. The smallest absolute Gasteiger partial charge is 0.270 e. The summed E-state index contributed by atoms with van der Waals surface area (Å²) in [7, 11) is 0. The van der Waals surface area contributed by atoms with Crippen molar-refractivity contribution in [2.75, 3.05) is 0 Å². The number of aryl methyl sites for hydroxylation is 2. The summed E-state index contributed by atoms with van der Waals surface area (Å²) in [5.74, 6) is -0.131. The number of carbonyl (C=O) groups is 1. The normalized spacial score (nSPS) is 22.4. The van der Waals surface area contributed by atoms with E-state index in [1.807, 2.05) is 19.9 Å². The summed E-state index contributed by atoms with van der Waals surface area (Å²) in [5, 5.41) is 7.35. The monoisotopic (exact) mass is 273 g/mol. The van der Waals surface area contributed by atoms with Gasteiger partial charge in [-0.2, -0.15) is 5.10 Å². The largest absolute Gasteiger partial charge is 0.348 e. The lowest BCUT2D eigenvalue weighted by atomic mass is 10.2. The van der Waals surface area contributed by atoms with Gasteiger partial charge in [0, 0.05) is 23.8 Å². The van der Waals surface area contributed by atoms with Crippen molar-refractivity contribution in [3.05, 3.63) is 29.2 Å². The number of carbonyl (C=O) groups excluding carboxylic acids is 1. The second kappa shape index (κ2) is 4.86. The zero-order valence-corrected chi connectivity index (χ0v) is 11.8. The Bertz CT molecular complexity index is 663. The second-order valence-corrected chi connectivity index (χ2v) is 5.58. The van der Waals surface area contributed by atoms with Gasteiger partial charge in [-0.05, 0) is 39.2 Å². The van der Waals surface area contributed by atoms with Gasteiger partial charge in [-0.1, -0.05) is 0 Å². The van der Waals surface area contributed by atoms with Gasteiger partial charge in [0.05, 0.1) is 5.69 Å². The average Bonchev–Trinajstić information content (AvgIpc) is 2.95. The third-order valence-corrected chi connectivity index (χ3v) is 3.77. The number of hydrogen-bond donors (Lipinski definition) is 2. The van der Waals surface area contributed by atoms with Gasteiger partial charge >= 0.3 is 0 Å². The number of hydrogen-bond acceptors (Lipinski definition) is 4. The molecule has 1 saturated carbocycles. The number of nitrogens with two attached hydrogens (primary N) is 1. The van der Waals surface area contributed by atoms with Gasteiger partial charge in [-0.25, -0.2) is 9.50 Å². The summed E-state index contributed by atoms with van der Waals surface area (Å²) < 4.78 is 1.75. The third-order valence-electron chi connectivity index (χ3n) is 3.77. The summed E-state index contributed by atoms with van der Waals surface area (Å²) >= 11 is 0. The van der Waals surface area contributed by atoms with E-state index in [4.69, 9.17) is 5.73 Å². The van der Waals surface area contributed by atoms with Crippen LogP contribution in [0.1, 0.15) is 41.1 Å². The maximum absolute atomic E-state index is 12.3. The average molecular weight is 273 g/mol. The molecule has 3 N–H and O–H groups in total. The highest BCUT2D eigenvalue weighted by Crippen LogP contribution is 2.17. The molecule has 0 spiro atoms. The van der Waals surface area contributed by atoms with Crippen LogP contribution in [0, 0.1) is 13.8 Å². The van der Waals surface area contributed by atoms with E-state index in [-0.39, 0.29) is 18.0 Å². The van der Waals surface area contributed by atoms with Gasteiger partial charge in [0.1, 0.15) is 5.69 Å².